The van der Waals surface area contributed by atoms with Crippen LogP contribution in [0.3, 0.4) is 0 Å². The minimum atomic E-state index is 0.705. The molecule has 6 heteroatoms. The molecule has 0 bridgehead atoms. The highest BCUT2D eigenvalue weighted by Gasteiger charge is 2.11. The fourth-order valence-corrected chi connectivity index (χ4v) is 4.32. The number of aromatic nitrogens is 3. The highest BCUT2D eigenvalue weighted by atomic mass is 35.5. The number of ether oxygens (including phenoxy) is 1. The van der Waals surface area contributed by atoms with Gasteiger partial charge in [-0.1, -0.05) is 35.3 Å². The van der Waals surface area contributed by atoms with Crippen LogP contribution in [0, 0.1) is 0 Å². The van der Waals surface area contributed by atoms with Crippen LogP contribution in [0.1, 0.15) is 12.0 Å². The highest BCUT2D eigenvalue weighted by Crippen LogP contribution is 2.26. The monoisotopic (exact) mass is 411 g/mol. The van der Waals surface area contributed by atoms with Gasteiger partial charge in [0.25, 0.3) is 0 Å². The van der Waals surface area contributed by atoms with Crippen molar-refractivity contribution in [3.63, 3.8) is 0 Å². The van der Waals surface area contributed by atoms with Crippen LogP contribution in [0.4, 0.5) is 0 Å². The van der Waals surface area contributed by atoms with E-state index in [0.717, 1.165) is 46.9 Å². The summed E-state index contributed by atoms with van der Waals surface area (Å²) in [6.45, 7) is 0.896. The molecule has 0 N–H and O–H groups in total. The van der Waals surface area contributed by atoms with Crippen LogP contribution in [-0.2, 0) is 20.0 Å². The number of pyridine rings is 1. The molecule has 28 heavy (non-hydrogen) atoms. The van der Waals surface area contributed by atoms with Gasteiger partial charge in [0, 0.05) is 24.8 Å². The lowest BCUT2D eigenvalue weighted by Crippen LogP contribution is -2.08. The lowest BCUT2D eigenvalue weighted by Gasteiger charge is -2.14. The van der Waals surface area contributed by atoms with E-state index in [0.29, 0.717) is 5.02 Å². The molecule has 2 aromatic rings. The molecule has 0 fully saturated rings. The molecule has 0 saturated heterocycles. The molecule has 0 aromatic heterocycles. The van der Waals surface area contributed by atoms with Crippen molar-refractivity contribution in [1.29, 1.82) is 0 Å². The topological polar surface area (TPSA) is 32.0 Å². The second-order valence-electron chi connectivity index (χ2n) is 6.67. The summed E-state index contributed by atoms with van der Waals surface area (Å²) in [5, 5.41) is 0.705. The molecule has 2 heterocycles. The molecule has 0 radical (unpaired) electrons. The van der Waals surface area contributed by atoms with Gasteiger partial charge in [-0.3, -0.25) is 3.96 Å². The fraction of sp³-hybridized carbons (Fsp3) is 0.227. The minimum Gasteiger partial charge on any atom is -0.497 e. The molecular formula is C22H22ClN3OS. The van der Waals surface area contributed by atoms with Crippen molar-refractivity contribution in [2.75, 3.05) is 7.11 Å². The molecule has 2 aromatic carbocycles. The van der Waals surface area contributed by atoms with Gasteiger partial charge in [0.1, 0.15) is 5.75 Å². The predicted molar refractivity (Wildman–Crippen MR) is 117 cm³/mol. The van der Waals surface area contributed by atoms with E-state index in [1.54, 1.807) is 18.6 Å². The quantitative estimate of drug-likeness (QED) is 0.405. The number of nitrogens with zero attached hydrogens (tertiary/aromatic N) is 3. The molecule has 0 aliphatic carbocycles. The van der Waals surface area contributed by atoms with Crippen LogP contribution < -0.4 is 4.74 Å². The van der Waals surface area contributed by atoms with E-state index in [1.807, 2.05) is 30.3 Å². The first-order valence-corrected chi connectivity index (χ1v) is 10.4. The number of aryl methyl sites for hydroxylation is 3. The normalized spacial score (nSPS) is 11.1. The van der Waals surface area contributed by atoms with Gasteiger partial charge in [0.05, 0.1) is 23.0 Å². The van der Waals surface area contributed by atoms with E-state index < -0.39 is 0 Å². The maximum absolute atomic E-state index is 6.21. The van der Waals surface area contributed by atoms with Crippen LogP contribution in [0.15, 0.2) is 60.8 Å². The number of benzene rings is 2. The molecule has 4 nitrogen and oxygen atoms in total. The lowest BCUT2D eigenvalue weighted by atomic mass is 10.1. The summed E-state index contributed by atoms with van der Waals surface area (Å²) in [4.78, 5) is 4.96. The molecule has 0 amide bonds. The average Bonchev–Trinajstić information content (AvgIpc) is 2.85. The van der Waals surface area contributed by atoms with Crippen molar-refractivity contribution < 1.29 is 4.74 Å². The summed E-state index contributed by atoms with van der Waals surface area (Å²) in [6, 6.07) is 18.4. The highest BCUT2D eigenvalue weighted by molar-refractivity contribution is 7.13. The lowest BCUT2D eigenvalue weighted by molar-refractivity contribution is 0.414. The van der Waals surface area contributed by atoms with Crippen LogP contribution in [0.5, 0.6) is 5.75 Å². The Bertz CT molecular complexity index is 1110. The SMILES string of the molecule is COc1ccc(CCCn2cccc3n(C)sc4ccc(Cl)cc4nc2-3)cc1. The van der Waals surface area contributed by atoms with E-state index in [1.165, 1.54) is 5.56 Å². The molecule has 0 unspecified atom stereocenters. The van der Waals surface area contributed by atoms with Crippen LogP contribution >= 0.6 is 23.1 Å². The van der Waals surface area contributed by atoms with Gasteiger partial charge < -0.3 is 9.30 Å². The molecule has 0 atom stereocenters. The summed E-state index contributed by atoms with van der Waals surface area (Å²) in [7, 11) is 3.77. The third-order valence-corrected chi connectivity index (χ3v) is 6.01. The van der Waals surface area contributed by atoms with Crippen molar-refractivity contribution in [2.45, 2.75) is 19.4 Å². The van der Waals surface area contributed by atoms with E-state index in [2.05, 4.69) is 46.0 Å². The maximum atomic E-state index is 6.21. The van der Waals surface area contributed by atoms with Gasteiger partial charge in [0.15, 0.2) is 5.82 Å². The first kappa shape index (κ1) is 18.8. The molecule has 2 aliphatic rings. The zero-order valence-electron chi connectivity index (χ0n) is 15.9. The summed E-state index contributed by atoms with van der Waals surface area (Å²) < 4.78 is 10.7. The Morgan fingerprint density at radius 3 is 2.71 bits per heavy atom. The van der Waals surface area contributed by atoms with Crippen LogP contribution in [-0.4, -0.2) is 20.6 Å². The Morgan fingerprint density at radius 2 is 1.93 bits per heavy atom. The summed E-state index contributed by atoms with van der Waals surface area (Å²) in [6.07, 6.45) is 4.14. The molecule has 2 aliphatic heterocycles. The van der Waals surface area contributed by atoms with E-state index in [-0.39, 0.29) is 0 Å². The smallest absolute Gasteiger partial charge is 0.158 e. The van der Waals surface area contributed by atoms with Crippen LogP contribution in [0.25, 0.3) is 21.7 Å². The van der Waals surface area contributed by atoms with Gasteiger partial charge >= 0.3 is 0 Å². The number of hydrogen-bond donors (Lipinski definition) is 0. The van der Waals surface area contributed by atoms with Crippen molar-refractivity contribution in [1.82, 2.24) is 13.5 Å². The molecule has 0 spiro atoms. The first-order chi connectivity index (χ1) is 13.6. The third-order valence-electron chi connectivity index (χ3n) is 4.77. The van der Waals surface area contributed by atoms with Crippen LogP contribution in [0.2, 0.25) is 5.02 Å². The summed E-state index contributed by atoms with van der Waals surface area (Å²) >= 11 is 7.88. The van der Waals surface area contributed by atoms with E-state index in [9.17, 15) is 0 Å². The second kappa shape index (κ2) is 8.25. The largest absolute Gasteiger partial charge is 0.497 e. The van der Waals surface area contributed by atoms with Crippen molar-refractivity contribution in [2.24, 2.45) is 7.05 Å². The zero-order valence-corrected chi connectivity index (χ0v) is 17.5. The van der Waals surface area contributed by atoms with E-state index >= 15 is 0 Å². The average molecular weight is 412 g/mol. The van der Waals surface area contributed by atoms with Crippen molar-refractivity contribution >= 4 is 33.4 Å². The van der Waals surface area contributed by atoms with E-state index in [4.69, 9.17) is 21.3 Å². The predicted octanol–water partition coefficient (Wildman–Crippen LogP) is 5.96. The van der Waals surface area contributed by atoms with Gasteiger partial charge in [-0.25, -0.2) is 4.98 Å². The Balaban J connectivity index is 1.64. The van der Waals surface area contributed by atoms with Crippen molar-refractivity contribution in [3.8, 4) is 17.3 Å². The summed E-state index contributed by atoms with van der Waals surface area (Å²) in [5.74, 6) is 1.86. The van der Waals surface area contributed by atoms with Gasteiger partial charge in [-0.15, -0.1) is 0 Å². The number of halogens is 1. The van der Waals surface area contributed by atoms with Gasteiger partial charge in [0.2, 0.25) is 0 Å². The number of rotatable bonds is 5. The van der Waals surface area contributed by atoms with Crippen molar-refractivity contribution in [3.05, 3.63) is 71.4 Å². The first-order valence-electron chi connectivity index (χ1n) is 9.22. The van der Waals surface area contributed by atoms with Gasteiger partial charge in [-0.05, 0) is 60.9 Å². The zero-order chi connectivity index (χ0) is 19.5. The fourth-order valence-electron chi connectivity index (χ4n) is 3.29. The molecular weight excluding hydrogens is 390 g/mol. The number of fused-ring (bicyclic) bond motifs is 2. The maximum Gasteiger partial charge on any atom is 0.158 e. The Labute approximate surface area is 173 Å². The third kappa shape index (κ3) is 4.01. The second-order valence-corrected chi connectivity index (χ2v) is 8.28. The van der Waals surface area contributed by atoms with Gasteiger partial charge in [-0.2, -0.15) is 0 Å². The Kier molecular flexibility index (Phi) is 5.55. The standard InChI is InChI=1S/C22H22ClN3OS/c1-25-20-6-4-14-26(13-3-5-16-7-10-18(27-2)11-8-16)22(20)24-19-15-17(23)9-12-21(19)28-25/h4,6-12,14-15H,3,5,13H2,1-2H3. The Hall–Kier alpha value is -2.50. The Morgan fingerprint density at radius 1 is 1.11 bits per heavy atom. The molecule has 4 rings (SSSR count). The number of hydrogen-bond acceptors (Lipinski definition) is 3. The number of methoxy groups -OCH3 is 1. The molecule has 0 saturated carbocycles. The molecule has 144 valence electrons. The minimum absolute atomic E-state index is 0.705. The summed E-state index contributed by atoms with van der Waals surface area (Å²) in [5.41, 5.74) is 3.33.